The first-order valence-electron chi connectivity index (χ1n) is 4.13. The van der Waals surface area contributed by atoms with Crippen LogP contribution in [0.25, 0.3) is 10.9 Å². The number of nitrogens with zero attached hydrogens (tertiary/aromatic N) is 1. The van der Waals surface area contributed by atoms with Gasteiger partial charge >= 0.3 is 0 Å². The average Bonchev–Trinajstić information content (AvgIpc) is 2.63. The number of fused-ring (bicyclic) bond motifs is 1. The molecule has 0 fully saturated rings. The minimum Gasteiger partial charge on any atom is -0.387 e. The normalized spacial score (nSPS) is 13.4. The van der Waals surface area contributed by atoms with Crippen molar-refractivity contribution in [2.24, 2.45) is 5.73 Å². The number of aliphatic hydroxyl groups is 1. The van der Waals surface area contributed by atoms with Crippen molar-refractivity contribution in [1.29, 1.82) is 0 Å². The molecule has 0 radical (unpaired) electrons. The molecular formula is C9H11N3O. The molecule has 0 spiro atoms. The molecule has 0 aliphatic heterocycles. The molecule has 2 aromatic rings. The van der Waals surface area contributed by atoms with Gasteiger partial charge in [0, 0.05) is 17.5 Å². The quantitative estimate of drug-likeness (QED) is 0.627. The number of benzene rings is 1. The molecule has 0 saturated carbocycles. The van der Waals surface area contributed by atoms with E-state index in [0.29, 0.717) is 0 Å². The van der Waals surface area contributed by atoms with Crippen molar-refractivity contribution < 1.29 is 5.11 Å². The van der Waals surface area contributed by atoms with Crippen LogP contribution in [-0.4, -0.2) is 21.8 Å². The Morgan fingerprint density at radius 1 is 1.54 bits per heavy atom. The Kier molecular flexibility index (Phi) is 2.00. The standard InChI is InChI=1S/C9H11N3O/c10-4-8(13)7-3-1-2-6-5-11-12-9(6)7/h1-3,5,8,13H,4,10H2,(H,11,12)/t8-/m0/s1. The lowest BCUT2D eigenvalue weighted by atomic mass is 10.1. The minimum absolute atomic E-state index is 0.220. The van der Waals surface area contributed by atoms with Crippen LogP contribution in [0.1, 0.15) is 11.7 Å². The molecular weight excluding hydrogens is 166 g/mol. The molecule has 4 heteroatoms. The molecule has 0 amide bonds. The molecule has 68 valence electrons. The lowest BCUT2D eigenvalue weighted by molar-refractivity contribution is 0.188. The van der Waals surface area contributed by atoms with Crippen LogP contribution in [0.5, 0.6) is 0 Å². The Morgan fingerprint density at radius 3 is 3.15 bits per heavy atom. The van der Waals surface area contributed by atoms with Crippen molar-refractivity contribution in [3.05, 3.63) is 30.0 Å². The first-order valence-corrected chi connectivity index (χ1v) is 4.13. The Balaban J connectivity index is 2.60. The summed E-state index contributed by atoms with van der Waals surface area (Å²) in [5.74, 6) is 0. The number of aromatic amines is 1. The lowest BCUT2D eigenvalue weighted by Gasteiger charge is -2.08. The van der Waals surface area contributed by atoms with E-state index in [2.05, 4.69) is 10.2 Å². The molecule has 4 N–H and O–H groups in total. The van der Waals surface area contributed by atoms with Crippen molar-refractivity contribution in [2.75, 3.05) is 6.54 Å². The molecule has 0 aliphatic carbocycles. The third-order valence-corrected chi connectivity index (χ3v) is 2.09. The molecule has 0 aliphatic rings. The average molecular weight is 177 g/mol. The van der Waals surface area contributed by atoms with E-state index in [9.17, 15) is 5.11 Å². The van der Waals surface area contributed by atoms with Gasteiger partial charge in [0.1, 0.15) is 0 Å². The van der Waals surface area contributed by atoms with Gasteiger partial charge in [-0.2, -0.15) is 5.10 Å². The second kappa shape index (κ2) is 3.16. The highest BCUT2D eigenvalue weighted by molar-refractivity contribution is 5.81. The van der Waals surface area contributed by atoms with Crippen molar-refractivity contribution in [3.8, 4) is 0 Å². The van der Waals surface area contributed by atoms with Crippen LogP contribution >= 0.6 is 0 Å². The fraction of sp³-hybridized carbons (Fsp3) is 0.222. The summed E-state index contributed by atoms with van der Waals surface area (Å²) in [6, 6.07) is 5.66. The Hall–Kier alpha value is -1.39. The van der Waals surface area contributed by atoms with E-state index < -0.39 is 6.10 Å². The Bertz CT molecular complexity index is 410. The Morgan fingerprint density at radius 2 is 2.38 bits per heavy atom. The summed E-state index contributed by atoms with van der Waals surface area (Å²) in [4.78, 5) is 0. The van der Waals surface area contributed by atoms with Crippen LogP contribution in [0.15, 0.2) is 24.4 Å². The van der Waals surface area contributed by atoms with Gasteiger partial charge in [0.05, 0.1) is 17.8 Å². The highest BCUT2D eigenvalue weighted by atomic mass is 16.3. The number of nitrogens with two attached hydrogens (primary N) is 1. The van der Waals surface area contributed by atoms with E-state index in [4.69, 9.17) is 5.73 Å². The smallest absolute Gasteiger partial charge is 0.0933 e. The first-order chi connectivity index (χ1) is 6.33. The number of hydrogen-bond acceptors (Lipinski definition) is 3. The fourth-order valence-corrected chi connectivity index (χ4v) is 1.40. The number of hydrogen-bond donors (Lipinski definition) is 3. The topological polar surface area (TPSA) is 74.9 Å². The first kappa shape index (κ1) is 8.22. The van der Waals surface area contributed by atoms with Crippen LogP contribution in [-0.2, 0) is 0 Å². The number of H-pyrrole nitrogens is 1. The zero-order valence-electron chi connectivity index (χ0n) is 7.07. The fourth-order valence-electron chi connectivity index (χ4n) is 1.40. The molecule has 1 atom stereocenters. The van der Waals surface area contributed by atoms with Crippen molar-refractivity contribution in [2.45, 2.75) is 6.10 Å². The zero-order valence-corrected chi connectivity index (χ0v) is 7.07. The molecule has 0 bridgehead atoms. The summed E-state index contributed by atoms with van der Waals surface area (Å²) < 4.78 is 0. The van der Waals surface area contributed by atoms with Crippen LogP contribution in [0.2, 0.25) is 0 Å². The summed E-state index contributed by atoms with van der Waals surface area (Å²) in [5.41, 5.74) is 7.04. The molecule has 1 aromatic heterocycles. The van der Waals surface area contributed by atoms with E-state index in [-0.39, 0.29) is 6.54 Å². The van der Waals surface area contributed by atoms with Gasteiger partial charge in [0.2, 0.25) is 0 Å². The number of nitrogens with one attached hydrogen (secondary N) is 1. The number of aliphatic hydroxyl groups excluding tert-OH is 1. The summed E-state index contributed by atoms with van der Waals surface area (Å²) in [7, 11) is 0. The second-order valence-electron chi connectivity index (χ2n) is 2.93. The zero-order chi connectivity index (χ0) is 9.26. The SMILES string of the molecule is NC[C@H](O)c1cccc2cn[nH]c12. The monoisotopic (exact) mass is 177 g/mol. The van der Waals surface area contributed by atoms with E-state index in [1.807, 2.05) is 18.2 Å². The third kappa shape index (κ3) is 1.30. The van der Waals surface area contributed by atoms with Crippen LogP contribution < -0.4 is 5.73 Å². The van der Waals surface area contributed by atoms with Gasteiger partial charge in [-0.15, -0.1) is 0 Å². The van der Waals surface area contributed by atoms with E-state index in [1.54, 1.807) is 6.20 Å². The van der Waals surface area contributed by atoms with Crippen molar-refractivity contribution in [1.82, 2.24) is 10.2 Å². The van der Waals surface area contributed by atoms with Crippen molar-refractivity contribution in [3.63, 3.8) is 0 Å². The lowest BCUT2D eigenvalue weighted by Crippen LogP contribution is -2.11. The summed E-state index contributed by atoms with van der Waals surface area (Å²) in [6.45, 7) is 0.220. The maximum Gasteiger partial charge on any atom is 0.0933 e. The summed E-state index contributed by atoms with van der Waals surface area (Å²) in [5, 5.41) is 17.3. The minimum atomic E-state index is -0.621. The highest BCUT2D eigenvalue weighted by Gasteiger charge is 2.09. The molecule has 1 aromatic carbocycles. The van der Waals surface area contributed by atoms with Crippen LogP contribution in [0.3, 0.4) is 0 Å². The molecule has 0 saturated heterocycles. The molecule has 4 nitrogen and oxygen atoms in total. The van der Waals surface area contributed by atoms with Gasteiger partial charge in [-0.05, 0) is 0 Å². The Labute approximate surface area is 75.4 Å². The molecule has 1 heterocycles. The van der Waals surface area contributed by atoms with Crippen molar-refractivity contribution >= 4 is 10.9 Å². The maximum absolute atomic E-state index is 9.57. The second-order valence-corrected chi connectivity index (χ2v) is 2.93. The third-order valence-electron chi connectivity index (χ3n) is 2.09. The summed E-state index contributed by atoms with van der Waals surface area (Å²) >= 11 is 0. The summed E-state index contributed by atoms with van der Waals surface area (Å²) in [6.07, 6.45) is 1.10. The number of aromatic nitrogens is 2. The predicted octanol–water partition coefficient (Wildman–Crippen LogP) is 0.555. The van der Waals surface area contributed by atoms with Gasteiger partial charge in [0.25, 0.3) is 0 Å². The highest BCUT2D eigenvalue weighted by Crippen LogP contribution is 2.21. The maximum atomic E-state index is 9.57. The van der Waals surface area contributed by atoms with Gasteiger partial charge in [-0.3, -0.25) is 5.10 Å². The van der Waals surface area contributed by atoms with Gasteiger partial charge in [-0.25, -0.2) is 0 Å². The van der Waals surface area contributed by atoms with Crippen LogP contribution in [0.4, 0.5) is 0 Å². The number of para-hydroxylation sites is 1. The number of rotatable bonds is 2. The predicted molar refractivity (Wildman–Crippen MR) is 50.1 cm³/mol. The van der Waals surface area contributed by atoms with E-state index in [1.165, 1.54) is 0 Å². The van der Waals surface area contributed by atoms with Gasteiger partial charge in [-0.1, -0.05) is 18.2 Å². The van der Waals surface area contributed by atoms with Gasteiger partial charge in [0.15, 0.2) is 0 Å². The van der Waals surface area contributed by atoms with E-state index >= 15 is 0 Å². The van der Waals surface area contributed by atoms with Crippen LogP contribution in [0, 0.1) is 0 Å². The largest absolute Gasteiger partial charge is 0.387 e. The molecule has 13 heavy (non-hydrogen) atoms. The van der Waals surface area contributed by atoms with E-state index in [0.717, 1.165) is 16.5 Å². The molecule has 0 unspecified atom stereocenters. The van der Waals surface area contributed by atoms with Gasteiger partial charge < -0.3 is 10.8 Å². The molecule has 2 rings (SSSR count).